The highest BCUT2D eigenvalue weighted by Gasteiger charge is 2.71. The fourth-order valence-electron chi connectivity index (χ4n) is 3.23. The quantitative estimate of drug-likeness (QED) is 0.470. The molecule has 0 aliphatic heterocycles. The Bertz CT molecular complexity index is 1200. The van der Waals surface area contributed by atoms with Crippen LogP contribution in [-0.4, -0.2) is 35.1 Å². The molecule has 11 heteroatoms. The number of carbonyl (C=O) groups excluding carboxylic acids is 1. The van der Waals surface area contributed by atoms with Gasteiger partial charge in [0.05, 0.1) is 24.7 Å². The second-order valence-electron chi connectivity index (χ2n) is 6.93. The number of alkyl halides is 6. The van der Waals surface area contributed by atoms with E-state index in [4.69, 9.17) is 0 Å². The van der Waals surface area contributed by atoms with Crippen LogP contribution in [-0.2, 0) is 16.9 Å². The molecule has 0 saturated heterocycles. The predicted molar refractivity (Wildman–Crippen MR) is 101 cm³/mol. The SMILES string of the molecule is COC(=O)c1ccc2c(ccc(=O)n2Cc2ccc(C(O)(C(F)(F)F)C(F)(F)F)cc2)c1. The van der Waals surface area contributed by atoms with Gasteiger partial charge in [-0.1, -0.05) is 24.3 Å². The van der Waals surface area contributed by atoms with Crippen LogP contribution in [0.2, 0.25) is 0 Å². The lowest BCUT2D eigenvalue weighted by atomic mass is 9.91. The molecule has 0 spiro atoms. The maximum atomic E-state index is 13.0. The van der Waals surface area contributed by atoms with Crippen molar-refractivity contribution in [3.8, 4) is 0 Å². The van der Waals surface area contributed by atoms with E-state index in [0.717, 1.165) is 12.1 Å². The van der Waals surface area contributed by atoms with Gasteiger partial charge in [-0.05, 0) is 35.2 Å². The van der Waals surface area contributed by atoms with Gasteiger partial charge in [-0.2, -0.15) is 26.3 Å². The van der Waals surface area contributed by atoms with Crippen molar-refractivity contribution in [1.82, 2.24) is 4.57 Å². The average Bonchev–Trinajstić information content (AvgIpc) is 2.73. The highest BCUT2D eigenvalue weighted by molar-refractivity contribution is 5.94. The van der Waals surface area contributed by atoms with Crippen LogP contribution in [0.15, 0.2) is 59.4 Å². The number of nitrogens with zero attached hydrogens (tertiary/aromatic N) is 1. The highest BCUT2D eigenvalue weighted by atomic mass is 19.4. The largest absolute Gasteiger partial charge is 0.465 e. The molecule has 1 heterocycles. The number of aromatic nitrogens is 1. The lowest BCUT2D eigenvalue weighted by molar-refractivity contribution is -0.376. The Morgan fingerprint density at radius 3 is 2.06 bits per heavy atom. The summed E-state index contributed by atoms with van der Waals surface area (Å²) in [5.74, 6) is -0.595. The molecule has 3 rings (SSSR count). The van der Waals surface area contributed by atoms with Crippen molar-refractivity contribution in [2.45, 2.75) is 24.5 Å². The number of pyridine rings is 1. The van der Waals surface area contributed by atoms with Crippen molar-refractivity contribution in [2.24, 2.45) is 0 Å². The van der Waals surface area contributed by atoms with Crippen LogP contribution in [0.1, 0.15) is 21.5 Å². The average molecular weight is 459 g/mol. The Morgan fingerprint density at radius 2 is 1.53 bits per heavy atom. The maximum absolute atomic E-state index is 13.0. The van der Waals surface area contributed by atoms with Gasteiger partial charge in [-0.3, -0.25) is 4.79 Å². The summed E-state index contributed by atoms with van der Waals surface area (Å²) in [6, 6.07) is 10.0. The van der Waals surface area contributed by atoms with E-state index in [2.05, 4.69) is 4.74 Å². The maximum Gasteiger partial charge on any atom is 0.430 e. The number of benzene rings is 2. The molecule has 0 aliphatic carbocycles. The first-order valence-corrected chi connectivity index (χ1v) is 8.97. The summed E-state index contributed by atoms with van der Waals surface area (Å²) in [6.45, 7) is -0.176. The standard InChI is InChI=1S/C21H15F6NO4/c1-32-18(30)14-4-8-16-13(10-14)5-9-17(29)28(16)11-12-2-6-15(7-3-12)19(31,20(22,23)24)21(25,26)27/h2-10,31H,11H2,1H3. The Balaban J connectivity index is 2.01. The zero-order valence-corrected chi connectivity index (χ0v) is 16.3. The minimum Gasteiger partial charge on any atom is -0.465 e. The molecule has 1 N–H and O–H groups in total. The molecule has 32 heavy (non-hydrogen) atoms. The topological polar surface area (TPSA) is 68.5 Å². The first kappa shape index (κ1) is 23.3. The van der Waals surface area contributed by atoms with E-state index in [1.807, 2.05) is 0 Å². The van der Waals surface area contributed by atoms with Crippen molar-refractivity contribution in [2.75, 3.05) is 7.11 Å². The molecular formula is C21H15F6NO4. The van der Waals surface area contributed by atoms with E-state index < -0.39 is 35.0 Å². The van der Waals surface area contributed by atoms with E-state index in [9.17, 15) is 41.0 Å². The van der Waals surface area contributed by atoms with Gasteiger partial charge in [0.1, 0.15) is 0 Å². The number of aliphatic hydroxyl groups is 1. The summed E-state index contributed by atoms with van der Waals surface area (Å²) in [5.41, 5.74) is -6.07. The molecule has 170 valence electrons. The lowest BCUT2D eigenvalue weighted by Gasteiger charge is -2.32. The number of hydrogen-bond acceptors (Lipinski definition) is 4. The van der Waals surface area contributed by atoms with Crippen LogP contribution in [0.5, 0.6) is 0 Å². The van der Waals surface area contributed by atoms with Crippen molar-refractivity contribution >= 4 is 16.9 Å². The fourth-order valence-corrected chi connectivity index (χ4v) is 3.23. The molecule has 1 aromatic heterocycles. The van der Waals surface area contributed by atoms with E-state index in [-0.39, 0.29) is 17.7 Å². The zero-order valence-electron chi connectivity index (χ0n) is 16.3. The molecule has 0 atom stereocenters. The minimum atomic E-state index is -5.99. The van der Waals surface area contributed by atoms with E-state index in [1.54, 1.807) is 0 Å². The van der Waals surface area contributed by atoms with Gasteiger partial charge in [0.2, 0.25) is 0 Å². The summed E-state index contributed by atoms with van der Waals surface area (Å²) in [4.78, 5) is 24.0. The molecule has 0 radical (unpaired) electrons. The van der Waals surface area contributed by atoms with Crippen LogP contribution < -0.4 is 5.56 Å². The number of methoxy groups -OCH3 is 1. The van der Waals surface area contributed by atoms with Gasteiger partial charge in [0.15, 0.2) is 0 Å². The summed E-state index contributed by atoms with van der Waals surface area (Å²) in [6.07, 6.45) is -12.0. The van der Waals surface area contributed by atoms with E-state index >= 15 is 0 Å². The van der Waals surface area contributed by atoms with Gasteiger partial charge in [0, 0.05) is 11.6 Å². The number of ether oxygens (including phenoxy) is 1. The number of carbonyl (C=O) groups is 1. The van der Waals surface area contributed by atoms with Gasteiger partial charge in [-0.25, -0.2) is 4.79 Å². The van der Waals surface area contributed by atoms with Crippen molar-refractivity contribution in [3.63, 3.8) is 0 Å². The second kappa shape index (κ2) is 7.97. The lowest BCUT2D eigenvalue weighted by Crippen LogP contribution is -2.53. The molecule has 5 nitrogen and oxygen atoms in total. The van der Waals surface area contributed by atoms with Gasteiger partial charge >= 0.3 is 18.3 Å². The molecule has 0 bridgehead atoms. The van der Waals surface area contributed by atoms with Crippen LogP contribution >= 0.6 is 0 Å². The monoisotopic (exact) mass is 459 g/mol. The third-order valence-corrected chi connectivity index (χ3v) is 4.94. The number of rotatable bonds is 4. The van der Waals surface area contributed by atoms with Crippen LogP contribution in [0, 0.1) is 0 Å². The number of hydrogen-bond donors (Lipinski definition) is 1. The normalized spacial score (nSPS) is 12.8. The fraction of sp³-hybridized carbons (Fsp3) is 0.238. The molecule has 0 saturated carbocycles. The molecule has 0 fully saturated rings. The van der Waals surface area contributed by atoms with Gasteiger partial charge in [-0.15, -0.1) is 0 Å². The van der Waals surface area contributed by atoms with E-state index in [0.29, 0.717) is 23.0 Å². The minimum absolute atomic E-state index is 0.176. The molecule has 0 aliphatic rings. The molecule has 2 aromatic carbocycles. The Morgan fingerprint density at radius 1 is 0.938 bits per heavy atom. The van der Waals surface area contributed by atoms with Crippen molar-refractivity contribution < 1.29 is 41.0 Å². The van der Waals surface area contributed by atoms with Crippen molar-refractivity contribution in [1.29, 1.82) is 0 Å². The first-order chi connectivity index (χ1) is 14.8. The molecule has 0 amide bonds. The Kier molecular flexibility index (Phi) is 5.81. The summed E-state index contributed by atoms with van der Waals surface area (Å²) < 4.78 is 84.0. The highest BCUT2D eigenvalue weighted by Crippen LogP contribution is 2.49. The summed E-state index contributed by atoms with van der Waals surface area (Å²) in [5, 5.41) is 9.96. The van der Waals surface area contributed by atoms with Gasteiger partial charge < -0.3 is 14.4 Å². The first-order valence-electron chi connectivity index (χ1n) is 8.97. The van der Waals surface area contributed by atoms with Crippen LogP contribution in [0.3, 0.4) is 0 Å². The Labute approximate surface area is 176 Å². The molecule has 3 aromatic rings. The number of fused-ring (bicyclic) bond motifs is 1. The van der Waals surface area contributed by atoms with Gasteiger partial charge in [0.25, 0.3) is 11.2 Å². The summed E-state index contributed by atoms with van der Waals surface area (Å²) in [7, 11) is 1.20. The third kappa shape index (κ3) is 3.95. The smallest absolute Gasteiger partial charge is 0.430 e. The zero-order chi connectivity index (χ0) is 23.9. The second-order valence-corrected chi connectivity index (χ2v) is 6.93. The number of esters is 1. The summed E-state index contributed by atoms with van der Waals surface area (Å²) >= 11 is 0. The molecular weight excluding hydrogens is 444 g/mol. The Hall–Kier alpha value is -3.34. The van der Waals surface area contributed by atoms with Crippen LogP contribution in [0.25, 0.3) is 10.9 Å². The van der Waals surface area contributed by atoms with Crippen LogP contribution in [0.4, 0.5) is 26.3 Å². The third-order valence-electron chi connectivity index (χ3n) is 4.94. The molecule has 0 unspecified atom stereocenters. The van der Waals surface area contributed by atoms with E-state index in [1.165, 1.54) is 42.0 Å². The predicted octanol–water partition coefficient (Wildman–Crippen LogP) is 4.15. The van der Waals surface area contributed by atoms with Crippen molar-refractivity contribution in [3.05, 3.63) is 81.6 Å². The number of halogens is 6.